The molecule has 84 valence electrons. The van der Waals surface area contributed by atoms with Gasteiger partial charge in [-0.05, 0) is 12.1 Å². The van der Waals surface area contributed by atoms with Gasteiger partial charge in [-0.25, -0.2) is 9.97 Å². The number of aromatic nitrogens is 3. The predicted molar refractivity (Wildman–Crippen MR) is 63.4 cm³/mol. The highest BCUT2D eigenvalue weighted by Crippen LogP contribution is 2.26. The van der Waals surface area contributed by atoms with Crippen molar-refractivity contribution in [2.24, 2.45) is 5.73 Å². The Hall–Kier alpha value is -2.63. The van der Waals surface area contributed by atoms with Crippen molar-refractivity contribution < 1.29 is 4.79 Å². The summed E-state index contributed by atoms with van der Waals surface area (Å²) < 4.78 is 1.70. The minimum atomic E-state index is -0.593. The number of carbonyl (C=O) groups excluding carboxylic acids is 1. The third kappa shape index (κ3) is 1.17. The zero-order valence-corrected chi connectivity index (χ0v) is 8.79. The van der Waals surface area contributed by atoms with Crippen LogP contribution in [0.3, 0.4) is 0 Å². The number of pyridine rings is 2. The number of primary amides is 1. The van der Waals surface area contributed by atoms with E-state index in [2.05, 4.69) is 9.97 Å². The number of nitrogens with two attached hydrogens (primary N) is 2. The van der Waals surface area contributed by atoms with Crippen LogP contribution in [0.1, 0.15) is 10.4 Å². The highest BCUT2D eigenvalue weighted by Gasteiger charge is 2.17. The van der Waals surface area contributed by atoms with Gasteiger partial charge in [-0.1, -0.05) is 0 Å². The molecule has 1 amide bonds. The second kappa shape index (κ2) is 3.18. The molecule has 6 nitrogen and oxygen atoms in total. The van der Waals surface area contributed by atoms with Gasteiger partial charge in [-0.2, -0.15) is 0 Å². The van der Waals surface area contributed by atoms with Crippen molar-refractivity contribution in [1.82, 2.24) is 14.4 Å². The fourth-order valence-corrected chi connectivity index (χ4v) is 1.96. The minimum Gasteiger partial charge on any atom is -0.397 e. The van der Waals surface area contributed by atoms with Crippen LogP contribution in [-0.4, -0.2) is 20.3 Å². The largest absolute Gasteiger partial charge is 0.397 e. The number of hydrogen-bond acceptors (Lipinski definition) is 4. The Morgan fingerprint density at radius 1 is 1.24 bits per heavy atom. The van der Waals surface area contributed by atoms with E-state index in [0.29, 0.717) is 22.4 Å². The van der Waals surface area contributed by atoms with Crippen LogP contribution in [0.2, 0.25) is 0 Å². The van der Waals surface area contributed by atoms with E-state index in [9.17, 15) is 4.79 Å². The van der Waals surface area contributed by atoms with Crippen molar-refractivity contribution >= 4 is 28.3 Å². The molecule has 6 heteroatoms. The SMILES string of the molecule is NC(=O)c1c(N)c2cccnc2n2ccnc12. The first-order valence-corrected chi connectivity index (χ1v) is 4.99. The normalized spacial score (nSPS) is 11.1. The monoisotopic (exact) mass is 227 g/mol. The second-order valence-corrected chi connectivity index (χ2v) is 3.65. The maximum absolute atomic E-state index is 11.4. The average molecular weight is 227 g/mol. The molecule has 0 aliphatic carbocycles. The third-order valence-corrected chi connectivity index (χ3v) is 2.69. The average Bonchev–Trinajstić information content (AvgIpc) is 2.78. The molecule has 3 rings (SSSR count). The lowest BCUT2D eigenvalue weighted by Crippen LogP contribution is -2.16. The van der Waals surface area contributed by atoms with E-state index in [1.807, 2.05) is 0 Å². The summed E-state index contributed by atoms with van der Waals surface area (Å²) in [6.07, 6.45) is 4.96. The van der Waals surface area contributed by atoms with E-state index in [1.54, 1.807) is 35.1 Å². The first-order valence-electron chi connectivity index (χ1n) is 4.99. The molecule has 0 fully saturated rings. The van der Waals surface area contributed by atoms with Gasteiger partial charge < -0.3 is 11.5 Å². The number of nitrogen functional groups attached to an aromatic ring is 1. The predicted octanol–water partition coefficient (Wildman–Crippen LogP) is 0.564. The quantitative estimate of drug-likeness (QED) is 0.634. The molecule has 0 aromatic carbocycles. The van der Waals surface area contributed by atoms with Gasteiger partial charge in [-0.15, -0.1) is 0 Å². The fourth-order valence-electron chi connectivity index (χ4n) is 1.96. The number of fused-ring (bicyclic) bond motifs is 3. The summed E-state index contributed by atoms with van der Waals surface area (Å²) >= 11 is 0. The van der Waals surface area contributed by atoms with Crippen molar-refractivity contribution in [2.45, 2.75) is 0 Å². The summed E-state index contributed by atoms with van der Waals surface area (Å²) in [6, 6.07) is 3.55. The molecular weight excluding hydrogens is 218 g/mol. The molecule has 17 heavy (non-hydrogen) atoms. The van der Waals surface area contributed by atoms with E-state index < -0.39 is 5.91 Å². The van der Waals surface area contributed by atoms with Gasteiger partial charge in [0.1, 0.15) is 11.2 Å². The van der Waals surface area contributed by atoms with Crippen molar-refractivity contribution in [3.8, 4) is 0 Å². The van der Waals surface area contributed by atoms with Crippen molar-refractivity contribution in [3.63, 3.8) is 0 Å². The van der Waals surface area contributed by atoms with Gasteiger partial charge in [0.2, 0.25) is 0 Å². The van der Waals surface area contributed by atoms with Crippen LogP contribution in [0.25, 0.3) is 16.7 Å². The summed E-state index contributed by atoms with van der Waals surface area (Å²) in [5.41, 5.74) is 12.9. The van der Waals surface area contributed by atoms with Crippen LogP contribution in [0, 0.1) is 0 Å². The molecule has 0 bridgehead atoms. The van der Waals surface area contributed by atoms with Crippen LogP contribution in [0.5, 0.6) is 0 Å². The molecule has 0 atom stereocenters. The molecule has 3 aromatic heterocycles. The lowest BCUT2D eigenvalue weighted by atomic mass is 10.1. The van der Waals surface area contributed by atoms with E-state index >= 15 is 0 Å². The molecule has 0 saturated carbocycles. The number of hydrogen-bond donors (Lipinski definition) is 2. The zero-order valence-electron chi connectivity index (χ0n) is 8.79. The lowest BCUT2D eigenvalue weighted by Gasteiger charge is -2.08. The maximum Gasteiger partial charge on any atom is 0.254 e. The van der Waals surface area contributed by atoms with Crippen molar-refractivity contribution in [1.29, 1.82) is 0 Å². The second-order valence-electron chi connectivity index (χ2n) is 3.65. The molecular formula is C11H9N5O. The minimum absolute atomic E-state index is 0.232. The molecule has 0 spiro atoms. The Morgan fingerprint density at radius 2 is 2.00 bits per heavy atom. The van der Waals surface area contributed by atoms with Gasteiger partial charge in [-0.3, -0.25) is 9.20 Å². The van der Waals surface area contributed by atoms with E-state index in [0.717, 1.165) is 0 Å². The standard InChI is InChI=1S/C11H9N5O/c12-8-6-2-1-3-14-10(6)16-5-4-15-11(16)7(8)9(13)17/h1-5H,12H2,(H2,13,17). The number of anilines is 1. The molecule has 4 N–H and O–H groups in total. The first kappa shape index (κ1) is 9.59. The topological polar surface area (TPSA) is 99.3 Å². The van der Waals surface area contributed by atoms with Gasteiger partial charge in [0.15, 0.2) is 5.65 Å². The molecule has 0 radical (unpaired) electrons. The van der Waals surface area contributed by atoms with Crippen LogP contribution in [0.15, 0.2) is 30.7 Å². The van der Waals surface area contributed by atoms with E-state index in [1.165, 1.54) is 0 Å². The number of rotatable bonds is 1. The molecule has 0 unspecified atom stereocenters. The maximum atomic E-state index is 11.4. The molecule has 0 aliphatic heterocycles. The van der Waals surface area contributed by atoms with Crippen molar-refractivity contribution in [3.05, 3.63) is 36.3 Å². The lowest BCUT2D eigenvalue weighted by molar-refractivity contribution is 0.100. The smallest absolute Gasteiger partial charge is 0.254 e. The zero-order chi connectivity index (χ0) is 12.0. The Kier molecular flexibility index (Phi) is 1.79. The Morgan fingerprint density at radius 3 is 2.76 bits per heavy atom. The molecule has 3 heterocycles. The molecule has 3 aromatic rings. The van der Waals surface area contributed by atoms with Crippen LogP contribution in [-0.2, 0) is 0 Å². The Bertz CT molecular complexity index is 746. The highest BCUT2D eigenvalue weighted by molar-refractivity contribution is 6.10. The van der Waals surface area contributed by atoms with Gasteiger partial charge >= 0.3 is 0 Å². The Labute approximate surface area is 95.9 Å². The highest BCUT2D eigenvalue weighted by atomic mass is 16.1. The third-order valence-electron chi connectivity index (χ3n) is 2.69. The number of amides is 1. The summed E-state index contributed by atoms with van der Waals surface area (Å²) in [4.78, 5) is 19.8. The van der Waals surface area contributed by atoms with Crippen LogP contribution < -0.4 is 11.5 Å². The summed E-state index contributed by atoms with van der Waals surface area (Å²) in [5, 5.41) is 0.687. The molecule has 0 saturated heterocycles. The van der Waals surface area contributed by atoms with Crippen LogP contribution in [0.4, 0.5) is 5.69 Å². The van der Waals surface area contributed by atoms with E-state index in [-0.39, 0.29) is 5.56 Å². The Balaban J connectivity index is 2.65. The number of imidazole rings is 1. The van der Waals surface area contributed by atoms with E-state index in [4.69, 9.17) is 11.5 Å². The number of nitrogens with zero attached hydrogens (tertiary/aromatic N) is 3. The summed E-state index contributed by atoms with van der Waals surface area (Å²) in [6.45, 7) is 0. The number of carbonyl (C=O) groups is 1. The van der Waals surface area contributed by atoms with Crippen LogP contribution >= 0.6 is 0 Å². The first-order chi connectivity index (χ1) is 8.20. The summed E-state index contributed by atoms with van der Waals surface area (Å²) in [7, 11) is 0. The molecule has 0 aliphatic rings. The fraction of sp³-hybridized carbons (Fsp3) is 0. The summed E-state index contributed by atoms with van der Waals surface area (Å²) in [5.74, 6) is -0.593. The van der Waals surface area contributed by atoms with Gasteiger partial charge in [0.25, 0.3) is 5.91 Å². The van der Waals surface area contributed by atoms with Gasteiger partial charge in [0, 0.05) is 24.0 Å². The van der Waals surface area contributed by atoms with Gasteiger partial charge in [0.05, 0.1) is 5.69 Å². The van der Waals surface area contributed by atoms with Crippen molar-refractivity contribution in [2.75, 3.05) is 5.73 Å².